The Morgan fingerprint density at radius 2 is 2.30 bits per heavy atom. The molecule has 10 heavy (non-hydrogen) atoms. The highest BCUT2D eigenvalue weighted by Gasteiger charge is 1.96. The Labute approximate surface area is 59.9 Å². The highest BCUT2D eigenvalue weighted by Crippen LogP contribution is 1.95. The number of hydrogen-bond donors (Lipinski definition) is 0. The van der Waals surface area contributed by atoms with Gasteiger partial charge < -0.3 is 9.47 Å². The molecule has 0 radical (unpaired) electrons. The van der Waals surface area contributed by atoms with Crippen LogP contribution >= 0.6 is 0 Å². The van der Waals surface area contributed by atoms with E-state index in [1.54, 1.807) is 0 Å². The van der Waals surface area contributed by atoms with Crippen LogP contribution in [0.1, 0.15) is 6.92 Å². The molecule has 0 unspecified atom stereocenters. The highest BCUT2D eigenvalue weighted by molar-refractivity contribution is 5.66. The summed E-state index contributed by atoms with van der Waals surface area (Å²) in [6, 6.07) is 0. The van der Waals surface area contributed by atoms with Crippen LogP contribution < -0.4 is 0 Å². The second-order valence-corrected chi connectivity index (χ2v) is 1.57. The summed E-state index contributed by atoms with van der Waals surface area (Å²) in [7, 11) is 0. The number of esters is 1. The SMILES string of the molecule is C=CCOC(=C)OC(C)=O. The Morgan fingerprint density at radius 1 is 1.70 bits per heavy atom. The van der Waals surface area contributed by atoms with Crippen LogP contribution in [0.4, 0.5) is 0 Å². The van der Waals surface area contributed by atoms with E-state index in [0.29, 0.717) is 6.61 Å². The minimum atomic E-state index is -0.436. The molecule has 0 aliphatic carbocycles. The average molecular weight is 142 g/mol. The van der Waals surface area contributed by atoms with Gasteiger partial charge in [-0.25, -0.2) is 0 Å². The topological polar surface area (TPSA) is 35.5 Å². The molecule has 0 amide bonds. The minimum Gasteiger partial charge on any atom is -0.461 e. The molecule has 0 rings (SSSR count). The molecular weight excluding hydrogens is 132 g/mol. The Morgan fingerprint density at radius 3 is 2.70 bits per heavy atom. The Bertz CT molecular complexity index is 149. The van der Waals surface area contributed by atoms with Crippen molar-refractivity contribution in [3.8, 4) is 0 Å². The van der Waals surface area contributed by atoms with Crippen LogP contribution in [0.5, 0.6) is 0 Å². The molecule has 0 spiro atoms. The van der Waals surface area contributed by atoms with Crippen molar-refractivity contribution in [3.63, 3.8) is 0 Å². The molecule has 0 atom stereocenters. The van der Waals surface area contributed by atoms with Gasteiger partial charge in [-0.05, 0) is 6.58 Å². The van der Waals surface area contributed by atoms with Crippen LogP contribution in [-0.2, 0) is 14.3 Å². The predicted molar refractivity (Wildman–Crippen MR) is 37.1 cm³/mol. The first kappa shape index (κ1) is 8.75. The van der Waals surface area contributed by atoms with Gasteiger partial charge in [0.15, 0.2) is 0 Å². The van der Waals surface area contributed by atoms with Gasteiger partial charge in [0.25, 0.3) is 5.95 Å². The van der Waals surface area contributed by atoms with Gasteiger partial charge in [-0.1, -0.05) is 12.7 Å². The smallest absolute Gasteiger partial charge is 0.310 e. The van der Waals surface area contributed by atoms with E-state index >= 15 is 0 Å². The molecule has 0 aromatic rings. The lowest BCUT2D eigenvalue weighted by molar-refractivity contribution is -0.141. The molecule has 0 saturated heterocycles. The summed E-state index contributed by atoms with van der Waals surface area (Å²) in [5.41, 5.74) is 0. The molecule has 0 bridgehead atoms. The zero-order valence-electron chi connectivity index (χ0n) is 5.92. The lowest BCUT2D eigenvalue weighted by Crippen LogP contribution is -2.01. The molecule has 0 aliphatic heterocycles. The maximum Gasteiger partial charge on any atom is 0.310 e. The van der Waals surface area contributed by atoms with Crippen molar-refractivity contribution >= 4 is 5.97 Å². The summed E-state index contributed by atoms with van der Waals surface area (Å²) >= 11 is 0. The largest absolute Gasteiger partial charge is 0.461 e. The van der Waals surface area contributed by atoms with E-state index in [-0.39, 0.29) is 5.95 Å². The predicted octanol–water partition coefficient (Wildman–Crippen LogP) is 1.22. The summed E-state index contributed by atoms with van der Waals surface area (Å²) in [5.74, 6) is -0.429. The van der Waals surface area contributed by atoms with E-state index in [1.807, 2.05) is 0 Å². The van der Waals surface area contributed by atoms with E-state index in [1.165, 1.54) is 13.0 Å². The Balaban J connectivity index is 3.43. The van der Waals surface area contributed by atoms with E-state index < -0.39 is 5.97 Å². The molecule has 0 fully saturated rings. The van der Waals surface area contributed by atoms with Crippen LogP contribution in [0.25, 0.3) is 0 Å². The molecule has 0 aliphatic rings. The molecule has 0 aromatic carbocycles. The third kappa shape index (κ3) is 4.90. The number of carbonyl (C=O) groups excluding carboxylic acids is 1. The van der Waals surface area contributed by atoms with Crippen molar-refractivity contribution in [2.75, 3.05) is 6.61 Å². The van der Waals surface area contributed by atoms with Crippen molar-refractivity contribution in [1.29, 1.82) is 0 Å². The summed E-state index contributed by atoms with van der Waals surface area (Å²) in [5, 5.41) is 0. The van der Waals surface area contributed by atoms with Crippen LogP contribution in [0.2, 0.25) is 0 Å². The number of rotatable bonds is 4. The van der Waals surface area contributed by atoms with Gasteiger partial charge >= 0.3 is 5.97 Å². The third-order valence-corrected chi connectivity index (χ3v) is 0.620. The van der Waals surface area contributed by atoms with Crippen molar-refractivity contribution in [3.05, 3.63) is 25.2 Å². The average Bonchev–Trinajstić information content (AvgIpc) is 1.82. The number of carbonyl (C=O) groups is 1. The Hall–Kier alpha value is -1.25. The molecule has 56 valence electrons. The lowest BCUT2D eigenvalue weighted by Gasteiger charge is -2.03. The van der Waals surface area contributed by atoms with Gasteiger partial charge in [-0.3, -0.25) is 4.79 Å². The molecule has 0 N–H and O–H groups in total. The zero-order chi connectivity index (χ0) is 7.98. The van der Waals surface area contributed by atoms with E-state index in [0.717, 1.165) is 0 Å². The summed E-state index contributed by atoms with van der Waals surface area (Å²) in [4.78, 5) is 10.2. The van der Waals surface area contributed by atoms with Crippen LogP contribution in [0.3, 0.4) is 0 Å². The zero-order valence-corrected chi connectivity index (χ0v) is 5.92. The van der Waals surface area contributed by atoms with E-state index in [2.05, 4.69) is 17.9 Å². The maximum absolute atomic E-state index is 10.2. The van der Waals surface area contributed by atoms with Gasteiger partial charge in [0, 0.05) is 6.92 Å². The van der Waals surface area contributed by atoms with Gasteiger partial charge in [0.1, 0.15) is 6.61 Å². The molecule has 0 aromatic heterocycles. The third-order valence-electron chi connectivity index (χ3n) is 0.620. The van der Waals surface area contributed by atoms with Gasteiger partial charge in [-0.15, -0.1) is 0 Å². The van der Waals surface area contributed by atoms with Gasteiger partial charge in [0.05, 0.1) is 0 Å². The van der Waals surface area contributed by atoms with Crippen LogP contribution in [-0.4, -0.2) is 12.6 Å². The molecular formula is C7H10O3. The van der Waals surface area contributed by atoms with Crippen molar-refractivity contribution in [2.24, 2.45) is 0 Å². The van der Waals surface area contributed by atoms with Crippen LogP contribution in [0, 0.1) is 0 Å². The first-order chi connectivity index (χ1) is 4.66. The van der Waals surface area contributed by atoms with Gasteiger partial charge in [0.2, 0.25) is 0 Å². The van der Waals surface area contributed by atoms with Crippen molar-refractivity contribution < 1.29 is 14.3 Å². The van der Waals surface area contributed by atoms with Crippen LogP contribution in [0.15, 0.2) is 25.2 Å². The molecule has 3 heteroatoms. The quantitative estimate of drug-likeness (QED) is 0.336. The normalized spacial score (nSPS) is 8.10. The second-order valence-electron chi connectivity index (χ2n) is 1.57. The summed E-state index contributed by atoms with van der Waals surface area (Å²) < 4.78 is 9.20. The first-order valence-corrected chi connectivity index (χ1v) is 2.78. The fraction of sp³-hybridized carbons (Fsp3) is 0.286. The minimum absolute atomic E-state index is 0.00685. The van der Waals surface area contributed by atoms with E-state index in [9.17, 15) is 4.79 Å². The van der Waals surface area contributed by atoms with Gasteiger partial charge in [-0.2, -0.15) is 0 Å². The number of ether oxygens (including phenoxy) is 2. The fourth-order valence-corrected chi connectivity index (χ4v) is 0.342. The number of hydrogen-bond acceptors (Lipinski definition) is 3. The van der Waals surface area contributed by atoms with Crippen molar-refractivity contribution in [1.82, 2.24) is 0 Å². The lowest BCUT2D eigenvalue weighted by atomic mass is 10.7. The monoisotopic (exact) mass is 142 g/mol. The molecule has 0 saturated carbocycles. The fourth-order valence-electron chi connectivity index (χ4n) is 0.342. The maximum atomic E-state index is 10.2. The first-order valence-electron chi connectivity index (χ1n) is 2.78. The highest BCUT2D eigenvalue weighted by atomic mass is 16.7. The van der Waals surface area contributed by atoms with Crippen molar-refractivity contribution in [2.45, 2.75) is 6.92 Å². The van der Waals surface area contributed by atoms with E-state index in [4.69, 9.17) is 4.74 Å². The molecule has 0 heterocycles. The second kappa shape index (κ2) is 4.61. The Kier molecular flexibility index (Phi) is 4.04. The summed E-state index contributed by atoms with van der Waals surface area (Å²) in [6.45, 7) is 8.30. The summed E-state index contributed by atoms with van der Waals surface area (Å²) in [6.07, 6.45) is 1.54. The molecule has 3 nitrogen and oxygen atoms in total. The standard InChI is InChI=1S/C7H10O3/c1-4-5-9-7(3)10-6(2)8/h4H,1,3,5H2,2H3.